The lowest BCUT2D eigenvalue weighted by Crippen LogP contribution is -2.41. The standard InChI is InChI=1S/C27H35N5O2/c1-20-4-6-21(7-5-20)22-8-9-26(34-18-27(33)29-16-24-15-28-19-30-24)23(14-22)17-32-12-10-25(11-13-32)31(2)3/h4-9,14-15,19,25H,10-13,16-18H2,1-3H3,(H,28,30)(H,29,33). The number of ether oxygens (including phenoxy) is 1. The summed E-state index contributed by atoms with van der Waals surface area (Å²) in [5.41, 5.74) is 5.56. The molecule has 1 saturated heterocycles. The molecule has 0 aliphatic carbocycles. The lowest BCUT2D eigenvalue weighted by molar-refractivity contribution is -0.123. The van der Waals surface area contributed by atoms with E-state index in [1.54, 1.807) is 12.5 Å². The summed E-state index contributed by atoms with van der Waals surface area (Å²) in [6.45, 7) is 5.41. The molecular weight excluding hydrogens is 426 g/mol. The van der Waals surface area contributed by atoms with Gasteiger partial charge in [-0.3, -0.25) is 9.69 Å². The second kappa shape index (κ2) is 11.3. The summed E-state index contributed by atoms with van der Waals surface area (Å²) in [5.74, 6) is 0.609. The van der Waals surface area contributed by atoms with Gasteiger partial charge >= 0.3 is 0 Å². The summed E-state index contributed by atoms with van der Waals surface area (Å²) in [4.78, 5) is 24.1. The van der Waals surface area contributed by atoms with Crippen LogP contribution in [-0.4, -0.2) is 65.5 Å². The highest BCUT2D eigenvalue weighted by Gasteiger charge is 2.22. The van der Waals surface area contributed by atoms with Crippen molar-refractivity contribution < 1.29 is 9.53 Å². The highest BCUT2D eigenvalue weighted by Crippen LogP contribution is 2.29. The third-order valence-electron chi connectivity index (χ3n) is 6.52. The molecule has 4 rings (SSSR count). The first kappa shape index (κ1) is 24.0. The first-order valence-corrected chi connectivity index (χ1v) is 11.9. The largest absolute Gasteiger partial charge is 0.483 e. The number of benzene rings is 2. The van der Waals surface area contributed by atoms with E-state index in [0.717, 1.165) is 55.0 Å². The Kier molecular flexibility index (Phi) is 7.98. The Labute approximate surface area is 202 Å². The number of amides is 1. The SMILES string of the molecule is Cc1ccc(-c2ccc(OCC(=O)NCc3cnc[nH]3)c(CN3CCC(N(C)C)CC3)c2)cc1. The summed E-state index contributed by atoms with van der Waals surface area (Å²) < 4.78 is 6.01. The van der Waals surface area contributed by atoms with E-state index < -0.39 is 0 Å². The molecule has 7 heteroatoms. The first-order valence-electron chi connectivity index (χ1n) is 11.9. The molecule has 0 saturated carbocycles. The van der Waals surface area contributed by atoms with Gasteiger partial charge in [-0.15, -0.1) is 0 Å². The first-order chi connectivity index (χ1) is 16.5. The third kappa shape index (κ3) is 6.46. The zero-order valence-electron chi connectivity index (χ0n) is 20.4. The third-order valence-corrected chi connectivity index (χ3v) is 6.52. The molecule has 2 N–H and O–H groups in total. The minimum absolute atomic E-state index is 0.0201. The molecule has 7 nitrogen and oxygen atoms in total. The van der Waals surface area contributed by atoms with Crippen LogP contribution in [0.15, 0.2) is 55.0 Å². The maximum Gasteiger partial charge on any atom is 0.258 e. The number of hydrogen-bond donors (Lipinski definition) is 2. The van der Waals surface area contributed by atoms with E-state index in [9.17, 15) is 4.79 Å². The fraction of sp³-hybridized carbons (Fsp3) is 0.407. The van der Waals surface area contributed by atoms with Crippen molar-refractivity contribution in [1.82, 2.24) is 25.1 Å². The molecule has 0 radical (unpaired) electrons. The van der Waals surface area contributed by atoms with Crippen molar-refractivity contribution in [2.24, 2.45) is 0 Å². The Balaban J connectivity index is 1.45. The summed E-state index contributed by atoms with van der Waals surface area (Å²) >= 11 is 0. The number of nitrogens with zero attached hydrogens (tertiary/aromatic N) is 3. The van der Waals surface area contributed by atoms with Crippen LogP contribution >= 0.6 is 0 Å². The average molecular weight is 462 g/mol. The summed E-state index contributed by atoms with van der Waals surface area (Å²) in [6.07, 6.45) is 5.62. The number of carbonyl (C=O) groups is 1. The number of aryl methyl sites for hydroxylation is 1. The van der Waals surface area contributed by atoms with Crippen LogP contribution in [0.1, 0.15) is 29.7 Å². The van der Waals surface area contributed by atoms with Crippen LogP contribution < -0.4 is 10.1 Å². The molecule has 2 aromatic carbocycles. The minimum Gasteiger partial charge on any atom is -0.483 e. The summed E-state index contributed by atoms with van der Waals surface area (Å²) in [5, 5.41) is 2.86. The normalized spacial score (nSPS) is 14.9. The van der Waals surface area contributed by atoms with Crippen LogP contribution in [-0.2, 0) is 17.9 Å². The summed E-state index contributed by atoms with van der Waals surface area (Å²) in [6, 6.07) is 15.5. The van der Waals surface area contributed by atoms with Gasteiger partial charge in [0, 0.05) is 24.3 Å². The number of nitrogens with one attached hydrogen (secondary N) is 2. The van der Waals surface area contributed by atoms with E-state index in [1.165, 1.54) is 11.1 Å². The van der Waals surface area contributed by atoms with Gasteiger partial charge in [-0.25, -0.2) is 4.98 Å². The van der Waals surface area contributed by atoms with Crippen LogP contribution in [0, 0.1) is 6.92 Å². The number of carbonyl (C=O) groups excluding carboxylic acids is 1. The quantitative estimate of drug-likeness (QED) is 0.509. The van der Waals surface area contributed by atoms with Crippen LogP contribution in [0.2, 0.25) is 0 Å². The molecule has 3 aromatic rings. The lowest BCUT2D eigenvalue weighted by Gasteiger charge is -2.35. The van der Waals surface area contributed by atoms with Crippen LogP contribution in [0.4, 0.5) is 0 Å². The van der Waals surface area contributed by atoms with Gasteiger partial charge < -0.3 is 19.9 Å². The number of aromatic nitrogens is 2. The molecule has 0 spiro atoms. The zero-order chi connectivity index (χ0) is 23.9. The van der Waals surface area contributed by atoms with Gasteiger partial charge in [-0.05, 0) is 70.2 Å². The van der Waals surface area contributed by atoms with Gasteiger partial charge in [-0.1, -0.05) is 35.9 Å². The molecule has 0 atom stereocenters. The Bertz CT molecular complexity index is 1060. The Morgan fingerprint density at radius 2 is 1.88 bits per heavy atom. The predicted octanol–water partition coefficient (Wildman–Crippen LogP) is 3.61. The highest BCUT2D eigenvalue weighted by molar-refractivity contribution is 5.77. The van der Waals surface area contributed by atoms with Gasteiger partial charge in [-0.2, -0.15) is 0 Å². The molecular formula is C27H35N5O2. The van der Waals surface area contributed by atoms with Crippen LogP contribution in [0.25, 0.3) is 11.1 Å². The van der Waals surface area contributed by atoms with E-state index in [4.69, 9.17) is 4.74 Å². The highest BCUT2D eigenvalue weighted by atomic mass is 16.5. The molecule has 0 bridgehead atoms. The van der Waals surface area contributed by atoms with Crippen molar-refractivity contribution in [3.8, 4) is 16.9 Å². The molecule has 34 heavy (non-hydrogen) atoms. The molecule has 180 valence electrons. The van der Waals surface area contributed by atoms with Gasteiger partial charge in [0.1, 0.15) is 5.75 Å². The lowest BCUT2D eigenvalue weighted by atomic mass is 9.99. The zero-order valence-corrected chi connectivity index (χ0v) is 20.4. The molecule has 1 aliphatic rings. The van der Waals surface area contributed by atoms with Gasteiger partial charge in [0.25, 0.3) is 5.91 Å². The fourth-order valence-electron chi connectivity index (χ4n) is 4.37. The van der Waals surface area contributed by atoms with Crippen molar-refractivity contribution in [1.29, 1.82) is 0 Å². The summed E-state index contributed by atoms with van der Waals surface area (Å²) in [7, 11) is 4.32. The van der Waals surface area contributed by atoms with Crippen LogP contribution in [0.3, 0.4) is 0 Å². The topological polar surface area (TPSA) is 73.5 Å². The molecule has 1 fully saturated rings. The van der Waals surface area contributed by atoms with E-state index in [-0.39, 0.29) is 12.5 Å². The number of rotatable bonds is 9. The van der Waals surface area contributed by atoms with Gasteiger partial charge in [0.2, 0.25) is 0 Å². The Morgan fingerprint density at radius 3 is 2.56 bits per heavy atom. The molecule has 0 unspecified atom stereocenters. The maximum atomic E-state index is 12.3. The fourth-order valence-corrected chi connectivity index (χ4v) is 4.37. The molecule has 1 aromatic heterocycles. The number of piperidine rings is 1. The van der Waals surface area contributed by atoms with E-state index in [2.05, 4.69) is 82.5 Å². The Hall–Kier alpha value is -3.16. The van der Waals surface area contributed by atoms with Crippen molar-refractivity contribution in [3.05, 3.63) is 71.8 Å². The van der Waals surface area contributed by atoms with E-state index in [0.29, 0.717) is 12.6 Å². The molecule has 2 heterocycles. The smallest absolute Gasteiger partial charge is 0.258 e. The Morgan fingerprint density at radius 1 is 1.15 bits per heavy atom. The average Bonchev–Trinajstić information content (AvgIpc) is 3.36. The number of aromatic amines is 1. The van der Waals surface area contributed by atoms with Crippen molar-refractivity contribution in [3.63, 3.8) is 0 Å². The predicted molar refractivity (Wildman–Crippen MR) is 135 cm³/mol. The van der Waals surface area contributed by atoms with E-state index >= 15 is 0 Å². The van der Waals surface area contributed by atoms with Crippen molar-refractivity contribution in [2.45, 2.75) is 38.9 Å². The maximum absolute atomic E-state index is 12.3. The van der Waals surface area contributed by atoms with E-state index in [1.807, 2.05) is 6.07 Å². The number of likely N-dealkylation sites (tertiary alicyclic amines) is 1. The number of imidazole rings is 1. The second-order valence-electron chi connectivity index (χ2n) is 9.30. The number of hydrogen-bond acceptors (Lipinski definition) is 5. The van der Waals surface area contributed by atoms with Crippen LogP contribution in [0.5, 0.6) is 5.75 Å². The minimum atomic E-state index is -0.157. The van der Waals surface area contributed by atoms with Crippen molar-refractivity contribution in [2.75, 3.05) is 33.8 Å². The number of H-pyrrole nitrogens is 1. The second-order valence-corrected chi connectivity index (χ2v) is 9.30. The van der Waals surface area contributed by atoms with Crippen molar-refractivity contribution >= 4 is 5.91 Å². The monoisotopic (exact) mass is 461 g/mol. The van der Waals surface area contributed by atoms with Gasteiger partial charge in [0.05, 0.1) is 18.6 Å². The molecule has 1 amide bonds. The van der Waals surface area contributed by atoms with Gasteiger partial charge in [0.15, 0.2) is 6.61 Å². The molecule has 1 aliphatic heterocycles.